The van der Waals surface area contributed by atoms with Crippen molar-refractivity contribution in [3.8, 4) is 0 Å². The van der Waals surface area contributed by atoms with Gasteiger partial charge < -0.3 is 5.32 Å². The fraction of sp³-hybridized carbons (Fsp3) is 0.471. The van der Waals surface area contributed by atoms with Crippen LogP contribution in [0.15, 0.2) is 41.9 Å². The highest BCUT2D eigenvalue weighted by atomic mass is 32.1. The van der Waals surface area contributed by atoms with Crippen molar-refractivity contribution >= 4 is 11.3 Å². The van der Waals surface area contributed by atoms with Crippen LogP contribution in [-0.4, -0.2) is 11.5 Å². The van der Waals surface area contributed by atoms with E-state index in [1.54, 1.807) is 11.3 Å². The van der Waals surface area contributed by atoms with Crippen LogP contribution in [-0.2, 0) is 0 Å². The molecule has 2 nitrogen and oxygen atoms in total. The molecule has 2 atom stereocenters. The van der Waals surface area contributed by atoms with Crippen LogP contribution in [0.25, 0.3) is 0 Å². The molecule has 1 heterocycles. The van der Waals surface area contributed by atoms with Crippen molar-refractivity contribution in [3.63, 3.8) is 0 Å². The second-order valence-corrected chi connectivity index (χ2v) is 6.43. The zero-order chi connectivity index (χ0) is 14.4. The van der Waals surface area contributed by atoms with E-state index in [4.69, 9.17) is 0 Å². The third-order valence-electron chi connectivity index (χ3n) is 3.77. The predicted molar refractivity (Wildman–Crippen MR) is 87.2 cm³/mol. The molecule has 0 saturated carbocycles. The number of rotatable bonds is 7. The Morgan fingerprint density at radius 1 is 1.20 bits per heavy atom. The number of hydrogen-bond donors (Lipinski definition) is 1. The van der Waals surface area contributed by atoms with Crippen LogP contribution < -0.4 is 5.32 Å². The first kappa shape index (κ1) is 15.2. The average molecular weight is 288 g/mol. The molecule has 0 amide bonds. The molecule has 1 aromatic heterocycles. The Morgan fingerprint density at radius 3 is 2.50 bits per heavy atom. The monoisotopic (exact) mass is 288 g/mol. The lowest BCUT2D eigenvalue weighted by Crippen LogP contribution is -2.28. The summed E-state index contributed by atoms with van der Waals surface area (Å²) in [6.07, 6.45) is 2.97. The van der Waals surface area contributed by atoms with E-state index in [0.717, 1.165) is 13.0 Å². The van der Waals surface area contributed by atoms with Crippen molar-refractivity contribution in [2.75, 3.05) is 6.54 Å². The van der Waals surface area contributed by atoms with Crippen molar-refractivity contribution in [1.82, 2.24) is 10.3 Å². The lowest BCUT2D eigenvalue weighted by molar-refractivity contribution is 0.419. The second kappa shape index (κ2) is 7.55. The summed E-state index contributed by atoms with van der Waals surface area (Å²) in [5.41, 5.74) is 1.42. The molecule has 0 spiro atoms. The van der Waals surface area contributed by atoms with Gasteiger partial charge in [0.2, 0.25) is 0 Å². The molecule has 3 heteroatoms. The lowest BCUT2D eigenvalue weighted by atomic mass is 9.88. The van der Waals surface area contributed by atoms with Gasteiger partial charge in [-0.05, 0) is 23.8 Å². The third kappa shape index (κ3) is 3.90. The van der Waals surface area contributed by atoms with Crippen LogP contribution in [0.5, 0.6) is 0 Å². The number of thiazole rings is 1. The average Bonchev–Trinajstić information content (AvgIpc) is 2.98. The minimum Gasteiger partial charge on any atom is -0.307 e. The van der Waals surface area contributed by atoms with Crippen molar-refractivity contribution < 1.29 is 0 Å². The van der Waals surface area contributed by atoms with Gasteiger partial charge in [0.05, 0.1) is 6.04 Å². The molecule has 0 aliphatic carbocycles. The number of nitrogens with zero attached hydrogens (tertiary/aromatic N) is 1. The van der Waals surface area contributed by atoms with Gasteiger partial charge in [-0.25, -0.2) is 4.98 Å². The zero-order valence-corrected chi connectivity index (χ0v) is 13.4. The summed E-state index contributed by atoms with van der Waals surface area (Å²) in [5, 5.41) is 6.95. The minimum absolute atomic E-state index is 0.375. The van der Waals surface area contributed by atoms with E-state index in [1.165, 1.54) is 10.6 Å². The smallest absolute Gasteiger partial charge is 0.109 e. The fourth-order valence-corrected chi connectivity index (χ4v) is 3.32. The van der Waals surface area contributed by atoms with Gasteiger partial charge in [0.15, 0.2) is 0 Å². The van der Waals surface area contributed by atoms with E-state index < -0.39 is 0 Å². The minimum atomic E-state index is 0.375. The highest BCUT2D eigenvalue weighted by Gasteiger charge is 2.18. The lowest BCUT2D eigenvalue weighted by Gasteiger charge is -2.24. The summed E-state index contributed by atoms with van der Waals surface area (Å²) >= 11 is 1.74. The van der Waals surface area contributed by atoms with Gasteiger partial charge in [-0.2, -0.15) is 0 Å². The standard InChI is InChI=1S/C17H24N2S/c1-4-16(17-18-10-11-20-17)19-12-15(13(2)3)14-8-6-5-7-9-14/h5-11,13,15-16,19H,4,12H2,1-3H3. The van der Waals surface area contributed by atoms with Gasteiger partial charge in [-0.15, -0.1) is 11.3 Å². The molecule has 0 fully saturated rings. The number of nitrogens with one attached hydrogen (secondary N) is 1. The van der Waals surface area contributed by atoms with E-state index in [9.17, 15) is 0 Å². The van der Waals surface area contributed by atoms with E-state index in [-0.39, 0.29) is 0 Å². The Labute approximate surface area is 126 Å². The Bertz CT molecular complexity index is 479. The van der Waals surface area contributed by atoms with E-state index in [2.05, 4.69) is 66.8 Å². The highest BCUT2D eigenvalue weighted by Crippen LogP contribution is 2.25. The molecular weight excluding hydrogens is 264 g/mol. The van der Waals surface area contributed by atoms with Crippen LogP contribution in [0.2, 0.25) is 0 Å². The van der Waals surface area contributed by atoms with Crippen molar-refractivity contribution in [2.24, 2.45) is 5.92 Å². The SMILES string of the molecule is CCC(NCC(c1ccccc1)C(C)C)c1nccs1. The summed E-state index contributed by atoms with van der Waals surface area (Å²) in [4.78, 5) is 4.44. The van der Waals surface area contributed by atoms with Gasteiger partial charge in [-0.1, -0.05) is 51.1 Å². The summed E-state index contributed by atoms with van der Waals surface area (Å²) in [7, 11) is 0. The Kier molecular flexibility index (Phi) is 5.74. The first-order valence-electron chi connectivity index (χ1n) is 7.40. The Balaban J connectivity index is 2.02. The van der Waals surface area contributed by atoms with Crippen molar-refractivity contribution in [2.45, 2.75) is 39.2 Å². The fourth-order valence-electron chi connectivity index (χ4n) is 2.52. The van der Waals surface area contributed by atoms with E-state index in [0.29, 0.717) is 17.9 Å². The molecular formula is C17H24N2S. The molecule has 108 valence electrons. The third-order valence-corrected chi connectivity index (χ3v) is 4.66. The van der Waals surface area contributed by atoms with Crippen LogP contribution in [0, 0.1) is 5.92 Å². The maximum Gasteiger partial charge on any atom is 0.109 e. The van der Waals surface area contributed by atoms with Crippen LogP contribution in [0.3, 0.4) is 0 Å². The van der Waals surface area contributed by atoms with Gasteiger partial charge in [-0.3, -0.25) is 0 Å². The molecule has 0 radical (unpaired) electrons. The predicted octanol–water partition coefficient (Wildman–Crippen LogP) is 4.62. The Hall–Kier alpha value is -1.19. The topological polar surface area (TPSA) is 24.9 Å². The van der Waals surface area contributed by atoms with E-state index in [1.807, 2.05) is 6.20 Å². The van der Waals surface area contributed by atoms with Crippen LogP contribution >= 0.6 is 11.3 Å². The van der Waals surface area contributed by atoms with Gasteiger partial charge >= 0.3 is 0 Å². The normalized spacial score (nSPS) is 14.4. The summed E-state index contributed by atoms with van der Waals surface area (Å²) in [5.74, 6) is 1.17. The van der Waals surface area contributed by atoms with Crippen LogP contribution in [0.4, 0.5) is 0 Å². The first-order valence-corrected chi connectivity index (χ1v) is 8.28. The molecule has 2 aromatic rings. The summed E-state index contributed by atoms with van der Waals surface area (Å²) in [6.45, 7) is 7.80. The van der Waals surface area contributed by atoms with Crippen molar-refractivity contribution in [1.29, 1.82) is 0 Å². The molecule has 2 rings (SSSR count). The molecule has 2 unspecified atom stereocenters. The molecule has 20 heavy (non-hydrogen) atoms. The van der Waals surface area contributed by atoms with Gasteiger partial charge in [0.1, 0.15) is 5.01 Å². The largest absolute Gasteiger partial charge is 0.307 e. The number of benzene rings is 1. The molecule has 1 aromatic carbocycles. The Morgan fingerprint density at radius 2 is 1.95 bits per heavy atom. The quantitative estimate of drug-likeness (QED) is 0.804. The zero-order valence-electron chi connectivity index (χ0n) is 12.5. The van der Waals surface area contributed by atoms with Crippen LogP contribution in [0.1, 0.15) is 49.7 Å². The molecule has 1 N–H and O–H groups in total. The number of hydrogen-bond acceptors (Lipinski definition) is 3. The van der Waals surface area contributed by atoms with Crippen molar-refractivity contribution in [3.05, 3.63) is 52.5 Å². The summed E-state index contributed by atoms with van der Waals surface area (Å²) < 4.78 is 0. The maximum atomic E-state index is 4.44. The molecule has 0 aliphatic heterocycles. The first-order chi connectivity index (χ1) is 9.72. The number of aromatic nitrogens is 1. The molecule has 0 saturated heterocycles. The highest BCUT2D eigenvalue weighted by molar-refractivity contribution is 7.09. The molecule has 0 aliphatic rings. The van der Waals surface area contributed by atoms with Gasteiger partial charge in [0, 0.05) is 18.1 Å². The van der Waals surface area contributed by atoms with E-state index >= 15 is 0 Å². The second-order valence-electron chi connectivity index (χ2n) is 5.50. The molecule has 0 bridgehead atoms. The maximum absolute atomic E-state index is 4.44. The van der Waals surface area contributed by atoms with Gasteiger partial charge in [0.25, 0.3) is 0 Å². The summed E-state index contributed by atoms with van der Waals surface area (Å²) in [6, 6.07) is 11.2.